The Morgan fingerprint density at radius 3 is 2.64 bits per heavy atom. The Morgan fingerprint density at radius 2 is 2.04 bits per heavy atom. The first-order valence-electron chi connectivity index (χ1n) is 10.5. The largest absolute Gasteiger partial charge is 0.462 e. The van der Waals surface area contributed by atoms with Crippen LogP contribution in [0.2, 0.25) is 0 Å². The topological polar surface area (TPSA) is 91.8 Å². The minimum atomic E-state index is -0.916. The molecule has 7 unspecified atom stereocenters. The molecule has 4 aliphatic rings. The fourth-order valence-electron chi connectivity index (χ4n) is 6.31. The molecule has 0 amide bonds. The van der Waals surface area contributed by atoms with Crippen molar-refractivity contribution in [2.24, 2.45) is 11.3 Å². The Hall–Kier alpha value is -0.950. The molecule has 4 fully saturated rings. The standard InChI is InChI=1S/C22H34O6/c1-13-6-7-16-21(12-23,27-16)11-18-22(28-18)15(19(3,4)25)8-9-20(22,5)17(10-13)26-14(2)24/h15-18,23,25H,1,6-12H2,2-5H3. The predicted octanol–water partition coefficient (Wildman–Crippen LogP) is 2.50. The molecule has 158 valence electrons. The summed E-state index contributed by atoms with van der Waals surface area (Å²) < 4.78 is 18.2. The Bertz CT molecular complexity index is 683. The number of ether oxygens (including phenoxy) is 3. The third-order valence-corrected chi connectivity index (χ3v) is 7.93. The van der Waals surface area contributed by atoms with Crippen molar-refractivity contribution in [3.63, 3.8) is 0 Å². The Morgan fingerprint density at radius 1 is 1.32 bits per heavy atom. The summed E-state index contributed by atoms with van der Waals surface area (Å²) in [6.45, 7) is 11.4. The lowest BCUT2D eigenvalue weighted by atomic mass is 9.65. The van der Waals surface area contributed by atoms with Crippen molar-refractivity contribution < 1.29 is 29.2 Å². The molecule has 0 radical (unpaired) electrons. The molecule has 0 aromatic carbocycles. The number of hydrogen-bond acceptors (Lipinski definition) is 6. The van der Waals surface area contributed by atoms with E-state index in [2.05, 4.69) is 13.5 Å². The van der Waals surface area contributed by atoms with Gasteiger partial charge in [0.1, 0.15) is 17.3 Å². The van der Waals surface area contributed by atoms with Crippen LogP contribution in [0.5, 0.6) is 0 Å². The molecule has 2 heterocycles. The molecule has 6 heteroatoms. The van der Waals surface area contributed by atoms with Gasteiger partial charge in [-0.2, -0.15) is 0 Å². The van der Waals surface area contributed by atoms with Crippen LogP contribution in [-0.4, -0.2) is 57.9 Å². The zero-order valence-corrected chi connectivity index (χ0v) is 17.5. The number of fused-ring (bicyclic) bond motifs is 1. The second kappa shape index (κ2) is 6.27. The van der Waals surface area contributed by atoms with Crippen LogP contribution in [0.4, 0.5) is 0 Å². The van der Waals surface area contributed by atoms with E-state index in [1.165, 1.54) is 6.92 Å². The SMILES string of the molecule is C=C1CCC2OC2(CO)CC2OC23C(C(C)(C)O)CCC3(C)C(OC(C)=O)C1. The van der Waals surface area contributed by atoms with Gasteiger partial charge in [0.25, 0.3) is 0 Å². The number of epoxide rings is 2. The van der Waals surface area contributed by atoms with Crippen LogP contribution in [-0.2, 0) is 19.0 Å². The summed E-state index contributed by atoms with van der Waals surface area (Å²) >= 11 is 0. The second-order valence-corrected chi connectivity index (χ2v) is 10.2. The van der Waals surface area contributed by atoms with Gasteiger partial charge < -0.3 is 24.4 Å². The summed E-state index contributed by atoms with van der Waals surface area (Å²) in [5.41, 5.74) is -1.46. The second-order valence-electron chi connectivity index (χ2n) is 10.2. The molecule has 2 aliphatic carbocycles. The first-order valence-corrected chi connectivity index (χ1v) is 10.5. The van der Waals surface area contributed by atoms with Gasteiger partial charge in [-0.05, 0) is 39.5 Å². The van der Waals surface area contributed by atoms with Crippen molar-refractivity contribution in [1.82, 2.24) is 0 Å². The van der Waals surface area contributed by atoms with Crippen LogP contribution in [0.25, 0.3) is 0 Å². The number of rotatable bonds is 3. The monoisotopic (exact) mass is 394 g/mol. The molecule has 0 aromatic heterocycles. The van der Waals surface area contributed by atoms with E-state index in [9.17, 15) is 15.0 Å². The number of carbonyl (C=O) groups excluding carboxylic acids is 1. The summed E-state index contributed by atoms with van der Waals surface area (Å²) in [5, 5.41) is 21.0. The molecule has 2 saturated heterocycles. The van der Waals surface area contributed by atoms with Crippen molar-refractivity contribution in [3.05, 3.63) is 12.2 Å². The van der Waals surface area contributed by atoms with Crippen molar-refractivity contribution in [2.75, 3.05) is 6.61 Å². The van der Waals surface area contributed by atoms with Gasteiger partial charge in [-0.3, -0.25) is 4.79 Å². The van der Waals surface area contributed by atoms with E-state index in [1.807, 2.05) is 13.8 Å². The molecule has 4 rings (SSSR count). The van der Waals surface area contributed by atoms with E-state index in [-0.39, 0.29) is 36.8 Å². The Kier molecular flexibility index (Phi) is 4.55. The van der Waals surface area contributed by atoms with Crippen LogP contribution >= 0.6 is 0 Å². The maximum Gasteiger partial charge on any atom is 0.302 e. The minimum absolute atomic E-state index is 0.00835. The van der Waals surface area contributed by atoms with Crippen LogP contribution in [0.3, 0.4) is 0 Å². The van der Waals surface area contributed by atoms with E-state index in [0.717, 1.165) is 31.3 Å². The van der Waals surface area contributed by atoms with E-state index in [1.54, 1.807) is 0 Å². The van der Waals surface area contributed by atoms with Crippen LogP contribution < -0.4 is 0 Å². The van der Waals surface area contributed by atoms with Gasteiger partial charge in [0, 0.05) is 31.1 Å². The average Bonchev–Trinajstić information content (AvgIpc) is 3.43. The Labute approximate surface area is 167 Å². The number of esters is 1. The van der Waals surface area contributed by atoms with Crippen LogP contribution in [0, 0.1) is 11.3 Å². The predicted molar refractivity (Wildman–Crippen MR) is 103 cm³/mol. The highest BCUT2D eigenvalue weighted by Crippen LogP contribution is 2.70. The first-order chi connectivity index (χ1) is 13.0. The lowest BCUT2D eigenvalue weighted by Gasteiger charge is -2.41. The molecule has 0 bridgehead atoms. The quantitative estimate of drug-likeness (QED) is 0.434. The zero-order chi connectivity index (χ0) is 20.5. The van der Waals surface area contributed by atoms with E-state index in [0.29, 0.717) is 12.8 Å². The highest BCUT2D eigenvalue weighted by atomic mass is 16.6. The average molecular weight is 395 g/mol. The van der Waals surface area contributed by atoms with Gasteiger partial charge in [0.15, 0.2) is 0 Å². The van der Waals surface area contributed by atoms with Gasteiger partial charge in [-0.1, -0.05) is 19.1 Å². The number of aliphatic hydroxyl groups is 2. The molecule has 2 aliphatic heterocycles. The van der Waals surface area contributed by atoms with E-state index >= 15 is 0 Å². The highest BCUT2D eigenvalue weighted by molar-refractivity contribution is 5.66. The third kappa shape index (κ3) is 2.87. The van der Waals surface area contributed by atoms with Crippen molar-refractivity contribution in [2.45, 2.75) is 101 Å². The fourth-order valence-corrected chi connectivity index (χ4v) is 6.31. The zero-order valence-electron chi connectivity index (χ0n) is 17.5. The fraction of sp³-hybridized carbons (Fsp3) is 0.864. The van der Waals surface area contributed by atoms with Crippen LogP contribution in [0.15, 0.2) is 12.2 Å². The molecule has 6 nitrogen and oxygen atoms in total. The molecule has 2 saturated carbocycles. The summed E-state index contributed by atoms with van der Waals surface area (Å²) in [6, 6.07) is 0. The molecule has 1 spiro atoms. The van der Waals surface area contributed by atoms with Gasteiger partial charge in [-0.15, -0.1) is 0 Å². The first kappa shape index (κ1) is 20.3. The lowest BCUT2D eigenvalue weighted by molar-refractivity contribution is -0.157. The number of carbonyl (C=O) groups is 1. The lowest BCUT2D eigenvalue weighted by Crippen LogP contribution is -2.52. The molecule has 2 N–H and O–H groups in total. The summed E-state index contributed by atoms with van der Waals surface area (Å²) in [5.74, 6) is -0.374. The molecule has 28 heavy (non-hydrogen) atoms. The van der Waals surface area contributed by atoms with E-state index < -0.39 is 22.2 Å². The minimum Gasteiger partial charge on any atom is -0.462 e. The van der Waals surface area contributed by atoms with Gasteiger partial charge >= 0.3 is 5.97 Å². The molecule has 7 atom stereocenters. The smallest absolute Gasteiger partial charge is 0.302 e. The maximum atomic E-state index is 11.9. The van der Waals surface area contributed by atoms with Gasteiger partial charge in [0.05, 0.1) is 24.4 Å². The summed E-state index contributed by atoms with van der Waals surface area (Å²) in [6.07, 6.45) is 3.94. The summed E-state index contributed by atoms with van der Waals surface area (Å²) in [4.78, 5) is 11.9. The number of hydrogen-bond donors (Lipinski definition) is 2. The summed E-state index contributed by atoms with van der Waals surface area (Å²) in [7, 11) is 0. The number of aliphatic hydroxyl groups excluding tert-OH is 1. The maximum absolute atomic E-state index is 11.9. The normalized spacial score (nSPS) is 48.0. The molecular weight excluding hydrogens is 360 g/mol. The van der Waals surface area contributed by atoms with Gasteiger partial charge in [0.2, 0.25) is 0 Å². The Balaban J connectivity index is 1.75. The van der Waals surface area contributed by atoms with Crippen molar-refractivity contribution in [1.29, 1.82) is 0 Å². The van der Waals surface area contributed by atoms with Gasteiger partial charge in [-0.25, -0.2) is 0 Å². The molecular formula is C22H34O6. The van der Waals surface area contributed by atoms with Crippen LogP contribution in [0.1, 0.15) is 66.2 Å². The molecule has 0 aromatic rings. The van der Waals surface area contributed by atoms with E-state index in [4.69, 9.17) is 14.2 Å². The highest BCUT2D eigenvalue weighted by Gasteiger charge is 2.79. The van der Waals surface area contributed by atoms with Crippen molar-refractivity contribution in [3.8, 4) is 0 Å². The van der Waals surface area contributed by atoms with Crippen molar-refractivity contribution >= 4 is 5.97 Å². The third-order valence-electron chi connectivity index (χ3n) is 7.93.